The zero-order valence-electron chi connectivity index (χ0n) is 10.4. The van der Waals surface area contributed by atoms with Gasteiger partial charge >= 0.3 is 6.08 Å². The number of nitrogens with zero attached hydrogens (tertiary/aromatic N) is 1. The highest BCUT2D eigenvalue weighted by molar-refractivity contribution is 5.00. The van der Waals surface area contributed by atoms with Crippen molar-refractivity contribution in [2.24, 2.45) is 0 Å². The van der Waals surface area contributed by atoms with E-state index in [1.165, 1.54) is 0 Å². The standard InChI is InChI=1S/C12H20N2O2/c1-5-6-7-15-11-14-10(9-16-11)8-13-12(2,3)4/h5-6,9,13H,7-8H2,1-4H3/b6-5+. The molecule has 0 atom stereocenters. The molecule has 0 amide bonds. The van der Waals surface area contributed by atoms with E-state index in [0.717, 1.165) is 5.69 Å². The number of nitrogens with one attached hydrogen (secondary N) is 1. The molecule has 4 heteroatoms. The molecule has 0 fully saturated rings. The van der Waals surface area contributed by atoms with Crippen molar-refractivity contribution in [3.63, 3.8) is 0 Å². The molecule has 90 valence electrons. The molecule has 1 aromatic heterocycles. The van der Waals surface area contributed by atoms with Gasteiger partial charge in [0.1, 0.15) is 12.9 Å². The van der Waals surface area contributed by atoms with E-state index in [-0.39, 0.29) is 5.54 Å². The molecule has 16 heavy (non-hydrogen) atoms. The van der Waals surface area contributed by atoms with Crippen molar-refractivity contribution in [3.05, 3.63) is 24.1 Å². The number of hydrogen-bond donors (Lipinski definition) is 1. The molecule has 0 spiro atoms. The molecule has 1 aromatic rings. The Balaban J connectivity index is 2.39. The SMILES string of the molecule is C/C=C/COc1nc(CNC(C)(C)C)co1. The van der Waals surface area contributed by atoms with Crippen LogP contribution >= 0.6 is 0 Å². The molecular weight excluding hydrogens is 204 g/mol. The Morgan fingerprint density at radius 1 is 1.50 bits per heavy atom. The predicted molar refractivity (Wildman–Crippen MR) is 63.4 cm³/mol. The van der Waals surface area contributed by atoms with Crippen LogP contribution in [0.25, 0.3) is 0 Å². The van der Waals surface area contributed by atoms with E-state index >= 15 is 0 Å². The first-order chi connectivity index (χ1) is 7.51. The number of allylic oxidation sites excluding steroid dienone is 1. The van der Waals surface area contributed by atoms with Crippen molar-refractivity contribution in [1.82, 2.24) is 10.3 Å². The Bertz CT molecular complexity index is 337. The molecule has 0 aromatic carbocycles. The summed E-state index contributed by atoms with van der Waals surface area (Å²) in [5.41, 5.74) is 0.927. The maximum atomic E-state index is 5.27. The molecule has 4 nitrogen and oxygen atoms in total. The number of oxazole rings is 1. The van der Waals surface area contributed by atoms with Crippen LogP contribution in [0.2, 0.25) is 0 Å². The van der Waals surface area contributed by atoms with Gasteiger partial charge in [-0.1, -0.05) is 12.2 Å². The fourth-order valence-corrected chi connectivity index (χ4v) is 1.01. The third kappa shape index (κ3) is 4.98. The minimum Gasteiger partial charge on any atom is -0.446 e. The lowest BCUT2D eigenvalue weighted by atomic mass is 10.1. The van der Waals surface area contributed by atoms with Crippen molar-refractivity contribution in [3.8, 4) is 6.08 Å². The van der Waals surface area contributed by atoms with Gasteiger partial charge in [0, 0.05) is 12.1 Å². The summed E-state index contributed by atoms with van der Waals surface area (Å²) in [4.78, 5) is 4.20. The highest BCUT2D eigenvalue weighted by atomic mass is 16.6. The van der Waals surface area contributed by atoms with Crippen LogP contribution in [-0.4, -0.2) is 17.1 Å². The molecule has 0 aliphatic heterocycles. The lowest BCUT2D eigenvalue weighted by molar-refractivity contribution is 0.258. The summed E-state index contributed by atoms with van der Waals surface area (Å²) >= 11 is 0. The summed E-state index contributed by atoms with van der Waals surface area (Å²) in [7, 11) is 0. The Morgan fingerprint density at radius 3 is 2.88 bits per heavy atom. The van der Waals surface area contributed by atoms with Gasteiger partial charge in [-0.15, -0.1) is 0 Å². The lowest BCUT2D eigenvalue weighted by Gasteiger charge is -2.19. The van der Waals surface area contributed by atoms with E-state index < -0.39 is 0 Å². The van der Waals surface area contributed by atoms with Gasteiger partial charge in [0.2, 0.25) is 0 Å². The molecule has 1 N–H and O–H groups in total. The number of ether oxygens (including phenoxy) is 1. The third-order valence-electron chi connectivity index (χ3n) is 1.87. The van der Waals surface area contributed by atoms with E-state index in [1.807, 2.05) is 19.1 Å². The first kappa shape index (κ1) is 12.8. The zero-order valence-corrected chi connectivity index (χ0v) is 10.4. The Morgan fingerprint density at radius 2 is 2.25 bits per heavy atom. The monoisotopic (exact) mass is 224 g/mol. The van der Waals surface area contributed by atoms with E-state index in [4.69, 9.17) is 9.15 Å². The summed E-state index contributed by atoms with van der Waals surface area (Å²) in [6.45, 7) is 9.43. The predicted octanol–water partition coefficient (Wildman–Crippen LogP) is 2.52. The van der Waals surface area contributed by atoms with Crippen molar-refractivity contribution < 1.29 is 9.15 Å². The van der Waals surface area contributed by atoms with Gasteiger partial charge in [0.05, 0.1) is 5.69 Å². The summed E-state index contributed by atoms with van der Waals surface area (Å²) in [6.07, 6.45) is 5.76. The second-order valence-electron chi connectivity index (χ2n) is 4.59. The average molecular weight is 224 g/mol. The molecule has 0 saturated carbocycles. The fourth-order valence-electron chi connectivity index (χ4n) is 1.01. The van der Waals surface area contributed by atoms with E-state index in [1.54, 1.807) is 6.26 Å². The molecule has 1 rings (SSSR count). The molecule has 0 aliphatic carbocycles. The van der Waals surface area contributed by atoms with Gasteiger partial charge in [0.15, 0.2) is 0 Å². The average Bonchev–Trinajstić information content (AvgIpc) is 2.62. The highest BCUT2D eigenvalue weighted by Crippen LogP contribution is 2.11. The van der Waals surface area contributed by atoms with Gasteiger partial charge in [0.25, 0.3) is 0 Å². The first-order valence-corrected chi connectivity index (χ1v) is 5.44. The molecule has 0 saturated heterocycles. The first-order valence-electron chi connectivity index (χ1n) is 5.44. The third-order valence-corrected chi connectivity index (χ3v) is 1.87. The number of aromatic nitrogens is 1. The summed E-state index contributed by atoms with van der Waals surface area (Å²) in [5, 5.41) is 3.33. The second-order valence-corrected chi connectivity index (χ2v) is 4.59. The van der Waals surface area contributed by atoms with E-state index in [2.05, 4.69) is 31.1 Å². The van der Waals surface area contributed by atoms with Crippen molar-refractivity contribution in [1.29, 1.82) is 0 Å². The van der Waals surface area contributed by atoms with Gasteiger partial charge in [-0.25, -0.2) is 0 Å². The molecule has 1 heterocycles. The van der Waals surface area contributed by atoms with Crippen LogP contribution in [0.4, 0.5) is 0 Å². The smallest absolute Gasteiger partial charge is 0.394 e. The van der Waals surface area contributed by atoms with Gasteiger partial charge < -0.3 is 14.5 Å². The summed E-state index contributed by atoms with van der Waals surface area (Å²) in [5.74, 6) is 0. The maximum Gasteiger partial charge on any atom is 0.394 e. The zero-order chi connectivity index (χ0) is 12.0. The van der Waals surface area contributed by atoms with Crippen LogP contribution in [0.1, 0.15) is 33.4 Å². The summed E-state index contributed by atoms with van der Waals surface area (Å²) < 4.78 is 10.4. The van der Waals surface area contributed by atoms with E-state index in [0.29, 0.717) is 19.2 Å². The normalized spacial score (nSPS) is 12.2. The maximum absolute atomic E-state index is 5.27. The number of hydrogen-bond acceptors (Lipinski definition) is 4. The Kier molecular flexibility index (Phi) is 4.55. The minimum absolute atomic E-state index is 0.0743. The fraction of sp³-hybridized carbons (Fsp3) is 0.583. The Labute approximate surface area is 96.7 Å². The molecule has 0 aliphatic rings. The van der Waals surface area contributed by atoms with Crippen molar-refractivity contribution in [2.75, 3.05) is 6.61 Å². The highest BCUT2D eigenvalue weighted by Gasteiger charge is 2.10. The van der Waals surface area contributed by atoms with Crippen LogP contribution in [0, 0.1) is 0 Å². The molecule has 0 unspecified atom stereocenters. The topological polar surface area (TPSA) is 47.3 Å². The van der Waals surface area contributed by atoms with Crippen LogP contribution in [-0.2, 0) is 6.54 Å². The lowest BCUT2D eigenvalue weighted by Crippen LogP contribution is -2.35. The van der Waals surface area contributed by atoms with Crippen LogP contribution in [0.3, 0.4) is 0 Å². The van der Waals surface area contributed by atoms with E-state index in [9.17, 15) is 0 Å². The largest absolute Gasteiger partial charge is 0.446 e. The summed E-state index contributed by atoms with van der Waals surface area (Å²) in [6, 6.07) is 0. The molecule has 0 bridgehead atoms. The second kappa shape index (κ2) is 5.70. The number of rotatable bonds is 5. The van der Waals surface area contributed by atoms with Crippen LogP contribution in [0.5, 0.6) is 6.08 Å². The van der Waals surface area contributed by atoms with Crippen molar-refractivity contribution in [2.45, 2.75) is 39.8 Å². The molecule has 0 radical (unpaired) electrons. The quantitative estimate of drug-likeness (QED) is 0.781. The minimum atomic E-state index is 0.0743. The van der Waals surface area contributed by atoms with Gasteiger partial charge in [-0.05, 0) is 27.7 Å². The van der Waals surface area contributed by atoms with Crippen LogP contribution in [0.15, 0.2) is 22.8 Å². The molecular formula is C12H20N2O2. The van der Waals surface area contributed by atoms with Gasteiger partial charge in [-0.3, -0.25) is 0 Å². The van der Waals surface area contributed by atoms with Gasteiger partial charge in [-0.2, -0.15) is 4.98 Å². The van der Waals surface area contributed by atoms with Crippen molar-refractivity contribution >= 4 is 0 Å². The Hall–Kier alpha value is -1.29. The van der Waals surface area contributed by atoms with Crippen LogP contribution < -0.4 is 10.1 Å².